The number of carbonyl (C=O) groups is 1. The molecular weight excluding hydrogens is 344 g/mol. The molecule has 0 aliphatic rings. The lowest BCUT2D eigenvalue weighted by Gasteiger charge is -2.08. The fraction of sp³-hybridized carbons (Fsp3) is 0. The van der Waals surface area contributed by atoms with Gasteiger partial charge in [-0.05, 0) is 34.1 Å². The molecule has 0 aliphatic heterocycles. The number of hydrogen-bond acceptors (Lipinski definition) is 3. The highest BCUT2D eigenvalue weighted by atomic mass is 79.9. The standard InChI is InChI=1S/C13H8BrClN4O/c14-8-5-9(12(15)16-6-8)13(20)18-19-7-17-10-3-1-2-4-11(10)19/h1-7H,(H,18,20). The van der Waals surface area contributed by atoms with E-state index in [9.17, 15) is 4.79 Å². The number of aromatic nitrogens is 3. The lowest BCUT2D eigenvalue weighted by atomic mass is 10.3. The van der Waals surface area contributed by atoms with E-state index < -0.39 is 0 Å². The van der Waals surface area contributed by atoms with Gasteiger partial charge in [0.2, 0.25) is 0 Å². The second-order valence-corrected chi connectivity index (χ2v) is 5.31. The Bertz CT molecular complexity index is 802. The van der Waals surface area contributed by atoms with Gasteiger partial charge in [-0.1, -0.05) is 23.7 Å². The normalized spacial score (nSPS) is 10.7. The van der Waals surface area contributed by atoms with Gasteiger partial charge in [0.1, 0.15) is 11.5 Å². The molecule has 0 radical (unpaired) electrons. The Labute approximate surface area is 127 Å². The minimum Gasteiger partial charge on any atom is -0.267 e. The summed E-state index contributed by atoms with van der Waals surface area (Å²) >= 11 is 9.19. The number of carbonyl (C=O) groups excluding carboxylic acids is 1. The highest BCUT2D eigenvalue weighted by molar-refractivity contribution is 9.10. The van der Waals surface area contributed by atoms with Crippen LogP contribution in [0.1, 0.15) is 10.4 Å². The van der Waals surface area contributed by atoms with Gasteiger partial charge >= 0.3 is 0 Å². The molecule has 0 atom stereocenters. The van der Waals surface area contributed by atoms with E-state index in [1.807, 2.05) is 24.3 Å². The maximum Gasteiger partial charge on any atom is 0.273 e. The Morgan fingerprint density at radius 3 is 2.95 bits per heavy atom. The number of benzene rings is 1. The lowest BCUT2D eigenvalue weighted by molar-refractivity contribution is 0.101. The minimum atomic E-state index is -0.355. The molecule has 100 valence electrons. The smallest absolute Gasteiger partial charge is 0.267 e. The van der Waals surface area contributed by atoms with Crippen molar-refractivity contribution in [3.05, 3.63) is 58.0 Å². The zero-order valence-corrected chi connectivity index (χ0v) is 12.4. The molecule has 20 heavy (non-hydrogen) atoms. The number of hydrogen-bond donors (Lipinski definition) is 1. The van der Waals surface area contributed by atoms with Crippen LogP contribution < -0.4 is 5.43 Å². The van der Waals surface area contributed by atoms with Crippen LogP contribution in [0.5, 0.6) is 0 Å². The number of rotatable bonds is 2. The zero-order valence-electron chi connectivity index (χ0n) is 10.0. The summed E-state index contributed by atoms with van der Waals surface area (Å²) in [6, 6.07) is 9.11. The molecule has 1 aromatic carbocycles. The molecule has 1 amide bonds. The number of para-hydroxylation sites is 2. The number of amides is 1. The molecule has 0 unspecified atom stereocenters. The monoisotopic (exact) mass is 350 g/mol. The van der Waals surface area contributed by atoms with Crippen molar-refractivity contribution in [1.82, 2.24) is 14.6 Å². The molecule has 2 heterocycles. The Morgan fingerprint density at radius 2 is 2.10 bits per heavy atom. The lowest BCUT2D eigenvalue weighted by Crippen LogP contribution is -2.22. The first-order valence-corrected chi connectivity index (χ1v) is 6.87. The Balaban J connectivity index is 1.94. The molecule has 2 aromatic heterocycles. The number of nitrogens with zero attached hydrogens (tertiary/aromatic N) is 3. The predicted molar refractivity (Wildman–Crippen MR) is 80.4 cm³/mol. The van der Waals surface area contributed by atoms with Gasteiger partial charge in [0.05, 0.1) is 16.6 Å². The third kappa shape index (κ3) is 2.39. The van der Waals surface area contributed by atoms with Gasteiger partial charge in [-0.2, -0.15) is 0 Å². The average molecular weight is 352 g/mol. The summed E-state index contributed by atoms with van der Waals surface area (Å²) in [4.78, 5) is 20.3. The first-order valence-electron chi connectivity index (χ1n) is 5.69. The van der Waals surface area contributed by atoms with Crippen molar-refractivity contribution in [2.75, 3.05) is 5.43 Å². The van der Waals surface area contributed by atoms with Gasteiger partial charge in [-0.25, -0.2) is 14.6 Å². The van der Waals surface area contributed by atoms with E-state index in [0.717, 1.165) is 11.0 Å². The summed E-state index contributed by atoms with van der Waals surface area (Å²) in [5.74, 6) is -0.355. The van der Waals surface area contributed by atoms with Crippen LogP contribution in [-0.4, -0.2) is 20.6 Å². The van der Waals surface area contributed by atoms with E-state index >= 15 is 0 Å². The molecule has 3 aromatic rings. The van der Waals surface area contributed by atoms with Crippen LogP contribution in [0.2, 0.25) is 5.15 Å². The molecular formula is C13H8BrClN4O. The zero-order chi connectivity index (χ0) is 14.1. The SMILES string of the molecule is O=C(Nn1cnc2ccccc21)c1cc(Br)cnc1Cl. The predicted octanol–water partition coefficient (Wildman–Crippen LogP) is 3.23. The van der Waals surface area contributed by atoms with Crippen molar-refractivity contribution in [3.63, 3.8) is 0 Å². The highest BCUT2D eigenvalue weighted by Gasteiger charge is 2.13. The number of halogens is 2. The summed E-state index contributed by atoms with van der Waals surface area (Å²) in [7, 11) is 0. The molecule has 0 saturated carbocycles. The largest absolute Gasteiger partial charge is 0.273 e. The second kappa shape index (κ2) is 5.22. The van der Waals surface area contributed by atoms with Crippen LogP contribution in [0.4, 0.5) is 0 Å². The summed E-state index contributed by atoms with van der Waals surface area (Å²) in [6.07, 6.45) is 3.08. The van der Waals surface area contributed by atoms with Gasteiger partial charge in [-0.3, -0.25) is 10.2 Å². The van der Waals surface area contributed by atoms with Gasteiger partial charge in [0.15, 0.2) is 0 Å². The summed E-state index contributed by atoms with van der Waals surface area (Å²) in [6.45, 7) is 0. The number of imidazole rings is 1. The molecule has 7 heteroatoms. The van der Waals surface area contributed by atoms with E-state index in [4.69, 9.17) is 11.6 Å². The topological polar surface area (TPSA) is 59.8 Å². The Kier molecular flexibility index (Phi) is 3.42. The van der Waals surface area contributed by atoms with Gasteiger partial charge < -0.3 is 0 Å². The third-order valence-corrected chi connectivity index (χ3v) is 3.46. The average Bonchev–Trinajstić information content (AvgIpc) is 2.85. The van der Waals surface area contributed by atoms with Crippen molar-refractivity contribution in [1.29, 1.82) is 0 Å². The van der Waals surface area contributed by atoms with E-state index in [1.54, 1.807) is 17.1 Å². The molecule has 0 spiro atoms. The molecule has 0 bridgehead atoms. The van der Waals surface area contributed by atoms with Crippen molar-refractivity contribution in [2.24, 2.45) is 0 Å². The van der Waals surface area contributed by atoms with Gasteiger partial charge in [0.25, 0.3) is 5.91 Å². The van der Waals surface area contributed by atoms with Crippen LogP contribution in [-0.2, 0) is 0 Å². The Hall–Kier alpha value is -1.92. The molecule has 0 saturated heterocycles. The fourth-order valence-corrected chi connectivity index (χ4v) is 2.32. The van der Waals surface area contributed by atoms with Gasteiger partial charge in [-0.15, -0.1) is 0 Å². The second-order valence-electron chi connectivity index (χ2n) is 4.04. The first kappa shape index (κ1) is 13.1. The van der Waals surface area contributed by atoms with E-state index in [2.05, 4.69) is 31.3 Å². The molecule has 0 fully saturated rings. The molecule has 5 nitrogen and oxygen atoms in total. The van der Waals surface area contributed by atoms with Crippen LogP contribution in [0.15, 0.2) is 47.3 Å². The van der Waals surface area contributed by atoms with E-state index in [-0.39, 0.29) is 11.1 Å². The molecule has 1 N–H and O–H groups in total. The number of nitrogens with one attached hydrogen (secondary N) is 1. The maximum absolute atomic E-state index is 12.2. The first-order chi connectivity index (χ1) is 9.65. The van der Waals surface area contributed by atoms with Crippen molar-refractivity contribution in [2.45, 2.75) is 0 Å². The van der Waals surface area contributed by atoms with Crippen molar-refractivity contribution >= 4 is 44.5 Å². The van der Waals surface area contributed by atoms with Crippen molar-refractivity contribution < 1.29 is 4.79 Å². The van der Waals surface area contributed by atoms with Crippen LogP contribution in [0.25, 0.3) is 11.0 Å². The third-order valence-electron chi connectivity index (χ3n) is 2.73. The van der Waals surface area contributed by atoms with Crippen LogP contribution in [0.3, 0.4) is 0 Å². The molecule has 3 rings (SSSR count). The van der Waals surface area contributed by atoms with Crippen molar-refractivity contribution in [3.8, 4) is 0 Å². The summed E-state index contributed by atoms with van der Waals surface area (Å²) in [5, 5.41) is 0.148. The summed E-state index contributed by atoms with van der Waals surface area (Å²) < 4.78 is 2.23. The molecule has 0 aliphatic carbocycles. The Morgan fingerprint density at radius 1 is 1.30 bits per heavy atom. The van der Waals surface area contributed by atoms with E-state index in [0.29, 0.717) is 10.0 Å². The van der Waals surface area contributed by atoms with Crippen LogP contribution in [0, 0.1) is 0 Å². The summed E-state index contributed by atoms with van der Waals surface area (Å²) in [5.41, 5.74) is 4.61. The highest BCUT2D eigenvalue weighted by Crippen LogP contribution is 2.18. The number of pyridine rings is 1. The quantitative estimate of drug-likeness (QED) is 0.721. The number of fused-ring (bicyclic) bond motifs is 1. The minimum absolute atomic E-state index is 0.148. The van der Waals surface area contributed by atoms with Gasteiger partial charge in [0, 0.05) is 10.7 Å². The van der Waals surface area contributed by atoms with E-state index in [1.165, 1.54) is 6.20 Å². The maximum atomic E-state index is 12.2. The van der Waals surface area contributed by atoms with Crippen LogP contribution >= 0.6 is 27.5 Å². The fourth-order valence-electron chi connectivity index (χ4n) is 1.80.